The number of hydrogen-bond acceptors (Lipinski definition) is 5. The van der Waals surface area contributed by atoms with Crippen LogP contribution in [0.5, 0.6) is 0 Å². The number of carbonyl (C=O) groups excluding carboxylic acids is 1. The maximum absolute atomic E-state index is 11.2. The van der Waals surface area contributed by atoms with Crippen molar-refractivity contribution in [1.82, 2.24) is 5.32 Å². The van der Waals surface area contributed by atoms with Gasteiger partial charge in [0.15, 0.2) is 0 Å². The first kappa shape index (κ1) is 21.4. The predicted molar refractivity (Wildman–Crippen MR) is 113 cm³/mol. The second-order valence-corrected chi connectivity index (χ2v) is 6.93. The molecule has 0 bridgehead atoms. The minimum absolute atomic E-state index is 0.164. The van der Waals surface area contributed by atoms with E-state index in [1.807, 2.05) is 72.8 Å². The predicted octanol–water partition coefficient (Wildman–Crippen LogP) is 3.85. The molecule has 7 nitrogen and oxygen atoms in total. The Balaban J connectivity index is 1.80. The zero-order chi connectivity index (χ0) is 21.3. The Kier molecular flexibility index (Phi) is 7.48. The molecule has 30 heavy (non-hydrogen) atoms. The number of benzene rings is 3. The molecule has 3 aromatic carbocycles. The highest BCUT2D eigenvalue weighted by atomic mass is 16.7. The van der Waals surface area contributed by atoms with Crippen LogP contribution in [0.4, 0.5) is 0 Å². The van der Waals surface area contributed by atoms with Crippen molar-refractivity contribution in [3.8, 4) is 0 Å². The molecule has 0 fully saturated rings. The van der Waals surface area contributed by atoms with Crippen LogP contribution < -0.4 is 5.32 Å². The van der Waals surface area contributed by atoms with E-state index >= 15 is 0 Å². The van der Waals surface area contributed by atoms with E-state index < -0.39 is 29.9 Å². The SMILES string of the molecule is C[C@H](NC=O)[C@H](O[C@@H](C[N+](=O)[O-])OCc1cccc2ccccc12)c1ccccc1. The first-order chi connectivity index (χ1) is 14.6. The van der Waals surface area contributed by atoms with E-state index in [1.54, 1.807) is 6.92 Å². The van der Waals surface area contributed by atoms with Crippen molar-refractivity contribution in [3.63, 3.8) is 0 Å². The zero-order valence-corrected chi connectivity index (χ0v) is 16.6. The van der Waals surface area contributed by atoms with Gasteiger partial charge in [0, 0.05) is 4.92 Å². The Labute approximate surface area is 174 Å². The fourth-order valence-electron chi connectivity index (χ4n) is 3.34. The lowest BCUT2D eigenvalue weighted by molar-refractivity contribution is -0.507. The maximum Gasteiger partial charge on any atom is 0.254 e. The Morgan fingerprint density at radius 2 is 1.73 bits per heavy atom. The molecule has 0 spiro atoms. The largest absolute Gasteiger partial charge is 0.353 e. The maximum atomic E-state index is 11.2. The highest BCUT2D eigenvalue weighted by Gasteiger charge is 2.27. The molecule has 0 saturated heterocycles. The summed E-state index contributed by atoms with van der Waals surface area (Å²) in [5.41, 5.74) is 1.71. The molecule has 0 aliphatic carbocycles. The minimum Gasteiger partial charge on any atom is -0.353 e. The van der Waals surface area contributed by atoms with Crippen molar-refractivity contribution >= 4 is 17.2 Å². The van der Waals surface area contributed by atoms with Gasteiger partial charge >= 0.3 is 0 Å². The van der Waals surface area contributed by atoms with E-state index in [2.05, 4.69) is 5.32 Å². The van der Waals surface area contributed by atoms with Crippen molar-refractivity contribution in [2.45, 2.75) is 32.0 Å². The molecule has 0 unspecified atom stereocenters. The van der Waals surface area contributed by atoms with Crippen LogP contribution in [0.1, 0.15) is 24.2 Å². The normalized spacial score (nSPS) is 14.0. The number of nitrogens with one attached hydrogen (secondary N) is 1. The van der Waals surface area contributed by atoms with E-state index in [9.17, 15) is 14.9 Å². The van der Waals surface area contributed by atoms with Crippen LogP contribution in [0.2, 0.25) is 0 Å². The van der Waals surface area contributed by atoms with Crippen molar-refractivity contribution in [1.29, 1.82) is 0 Å². The van der Waals surface area contributed by atoms with Gasteiger partial charge in [-0.3, -0.25) is 14.9 Å². The van der Waals surface area contributed by atoms with Gasteiger partial charge in [0.05, 0.1) is 12.6 Å². The van der Waals surface area contributed by atoms with Gasteiger partial charge in [-0.1, -0.05) is 72.8 Å². The molecule has 3 rings (SSSR count). The van der Waals surface area contributed by atoms with Crippen LogP contribution in [0, 0.1) is 10.1 Å². The lowest BCUT2D eigenvalue weighted by atomic mass is 10.0. The van der Waals surface area contributed by atoms with E-state index in [0.29, 0.717) is 6.41 Å². The van der Waals surface area contributed by atoms with E-state index in [4.69, 9.17) is 9.47 Å². The smallest absolute Gasteiger partial charge is 0.254 e. The lowest BCUT2D eigenvalue weighted by Crippen LogP contribution is -2.37. The average molecular weight is 408 g/mol. The van der Waals surface area contributed by atoms with Crippen LogP contribution in [-0.4, -0.2) is 30.2 Å². The number of ether oxygens (including phenoxy) is 2. The summed E-state index contributed by atoms with van der Waals surface area (Å²) in [5, 5.41) is 16.0. The first-order valence-corrected chi connectivity index (χ1v) is 9.68. The van der Waals surface area contributed by atoms with E-state index in [1.165, 1.54) is 0 Å². The Morgan fingerprint density at radius 1 is 1.03 bits per heavy atom. The summed E-state index contributed by atoms with van der Waals surface area (Å²) in [6.07, 6.45) is -1.10. The van der Waals surface area contributed by atoms with Gasteiger partial charge in [0.1, 0.15) is 6.10 Å². The molecule has 3 atom stereocenters. The zero-order valence-electron chi connectivity index (χ0n) is 16.6. The van der Waals surface area contributed by atoms with Gasteiger partial charge in [0.25, 0.3) is 6.54 Å². The molecule has 0 aliphatic rings. The van der Waals surface area contributed by atoms with Crippen LogP contribution in [0.15, 0.2) is 72.8 Å². The molecule has 0 aliphatic heterocycles. The summed E-state index contributed by atoms with van der Waals surface area (Å²) in [6, 6.07) is 22.6. The Morgan fingerprint density at radius 3 is 2.47 bits per heavy atom. The summed E-state index contributed by atoms with van der Waals surface area (Å²) >= 11 is 0. The highest BCUT2D eigenvalue weighted by molar-refractivity contribution is 5.85. The number of rotatable bonds is 11. The van der Waals surface area contributed by atoms with Gasteiger partial charge in [-0.2, -0.15) is 0 Å². The second kappa shape index (κ2) is 10.5. The lowest BCUT2D eigenvalue weighted by Gasteiger charge is -2.27. The molecule has 0 aromatic heterocycles. The van der Waals surface area contributed by atoms with Gasteiger partial charge in [-0.25, -0.2) is 0 Å². The number of hydrogen-bond donors (Lipinski definition) is 1. The summed E-state index contributed by atoms with van der Waals surface area (Å²) in [7, 11) is 0. The molecule has 3 aromatic rings. The average Bonchev–Trinajstić information content (AvgIpc) is 2.76. The molecule has 0 saturated carbocycles. The number of amides is 1. The van der Waals surface area contributed by atoms with Crippen LogP contribution in [0.3, 0.4) is 0 Å². The summed E-state index contributed by atoms with van der Waals surface area (Å²) in [6.45, 7) is 1.43. The Hall–Kier alpha value is -3.29. The molecule has 0 radical (unpaired) electrons. The molecule has 1 N–H and O–H groups in total. The molecule has 156 valence electrons. The van der Waals surface area contributed by atoms with Crippen molar-refractivity contribution < 1.29 is 19.2 Å². The molecule has 1 amide bonds. The fraction of sp³-hybridized carbons (Fsp3) is 0.261. The third kappa shape index (κ3) is 5.62. The summed E-state index contributed by atoms with van der Waals surface area (Å²) < 4.78 is 11.9. The van der Waals surface area contributed by atoms with Gasteiger partial charge in [-0.05, 0) is 28.8 Å². The molecule has 7 heteroatoms. The third-order valence-corrected chi connectivity index (χ3v) is 4.81. The third-order valence-electron chi connectivity index (χ3n) is 4.81. The van der Waals surface area contributed by atoms with Crippen molar-refractivity contribution in [2.24, 2.45) is 0 Å². The van der Waals surface area contributed by atoms with Crippen LogP contribution in [0.25, 0.3) is 10.8 Å². The number of nitrogens with zero attached hydrogens (tertiary/aromatic N) is 1. The standard InChI is InChI=1S/C23H24N2O5/c1-17(24-16-26)23(19-9-3-2-4-10-19)30-22(14-25(27)28)29-15-20-12-7-11-18-8-5-6-13-21(18)20/h2-13,16-17,22-23H,14-15H2,1H3,(H,24,26)/t17-,22-,23-/m0/s1. The molecular weight excluding hydrogens is 384 g/mol. The van der Waals surface area contributed by atoms with Gasteiger partial charge in [0.2, 0.25) is 12.7 Å². The highest BCUT2D eigenvalue weighted by Crippen LogP contribution is 2.25. The number of carbonyl (C=O) groups is 1. The first-order valence-electron chi connectivity index (χ1n) is 9.68. The summed E-state index contributed by atoms with van der Waals surface area (Å²) in [5.74, 6) is 0. The Bertz CT molecular complexity index is 974. The molecular formula is C23H24N2O5. The monoisotopic (exact) mass is 408 g/mol. The second-order valence-electron chi connectivity index (χ2n) is 6.93. The minimum atomic E-state index is -1.08. The van der Waals surface area contributed by atoms with Crippen molar-refractivity contribution in [2.75, 3.05) is 6.54 Å². The van der Waals surface area contributed by atoms with Crippen molar-refractivity contribution in [3.05, 3.63) is 94.0 Å². The fourth-order valence-corrected chi connectivity index (χ4v) is 3.34. The topological polar surface area (TPSA) is 90.7 Å². The number of fused-ring (bicyclic) bond motifs is 1. The quantitative estimate of drug-likeness (QED) is 0.225. The van der Waals surface area contributed by atoms with Crippen LogP contribution in [-0.2, 0) is 20.9 Å². The number of nitro groups is 1. The van der Waals surface area contributed by atoms with Crippen LogP contribution >= 0.6 is 0 Å². The summed E-state index contributed by atoms with van der Waals surface area (Å²) in [4.78, 5) is 21.7. The van der Waals surface area contributed by atoms with Gasteiger partial charge in [-0.15, -0.1) is 0 Å². The van der Waals surface area contributed by atoms with E-state index in [-0.39, 0.29) is 6.61 Å². The van der Waals surface area contributed by atoms with Gasteiger partial charge < -0.3 is 14.8 Å². The molecule has 0 heterocycles. The van der Waals surface area contributed by atoms with E-state index in [0.717, 1.165) is 21.9 Å².